The molecule has 2 aromatic rings. The summed E-state index contributed by atoms with van der Waals surface area (Å²) in [5.41, 5.74) is 0.957. The number of benzene rings is 1. The molecule has 0 amide bonds. The van der Waals surface area contributed by atoms with Crippen molar-refractivity contribution in [2.24, 2.45) is 0 Å². The van der Waals surface area contributed by atoms with Crippen molar-refractivity contribution in [3.63, 3.8) is 0 Å². The van der Waals surface area contributed by atoms with Gasteiger partial charge in [-0.15, -0.1) is 0 Å². The maximum absolute atomic E-state index is 10.8. The van der Waals surface area contributed by atoms with Gasteiger partial charge < -0.3 is 14.4 Å². The minimum atomic E-state index is -0.954. The average Bonchev–Trinajstić information content (AvgIpc) is 2.98. The molecule has 6 nitrogen and oxygen atoms in total. The maximum Gasteiger partial charge on any atom is 0.335 e. The highest BCUT2D eigenvalue weighted by molar-refractivity contribution is 5.88. The molecule has 0 atom stereocenters. The molecule has 104 valence electrons. The maximum atomic E-state index is 10.8. The fraction of sp³-hybridized carbons (Fsp3) is 0.357. The van der Waals surface area contributed by atoms with Crippen molar-refractivity contribution in [3.8, 4) is 11.5 Å². The van der Waals surface area contributed by atoms with Crippen LogP contribution in [0.5, 0.6) is 0 Å². The second-order valence-corrected chi connectivity index (χ2v) is 4.73. The van der Waals surface area contributed by atoms with Gasteiger partial charge in [0, 0.05) is 24.7 Å². The largest absolute Gasteiger partial charge is 0.478 e. The number of aromatic nitrogens is 2. The summed E-state index contributed by atoms with van der Waals surface area (Å²) in [5.74, 6) is 0.443. The molecule has 0 bridgehead atoms. The summed E-state index contributed by atoms with van der Waals surface area (Å²) in [6.07, 6.45) is 1.80. The van der Waals surface area contributed by atoms with E-state index in [2.05, 4.69) is 10.1 Å². The Morgan fingerprint density at radius 2 is 1.90 bits per heavy atom. The number of carboxylic acid groups (broad SMARTS) is 1. The van der Waals surface area contributed by atoms with E-state index in [0.29, 0.717) is 11.7 Å². The van der Waals surface area contributed by atoms with E-state index in [1.165, 1.54) is 12.1 Å². The van der Waals surface area contributed by atoms with Crippen molar-refractivity contribution in [3.05, 3.63) is 35.7 Å². The number of nitrogens with zero attached hydrogens (tertiary/aromatic N) is 2. The number of aromatic carboxylic acids is 1. The third-order valence-corrected chi connectivity index (χ3v) is 3.41. The van der Waals surface area contributed by atoms with Crippen LogP contribution in [0.4, 0.5) is 0 Å². The van der Waals surface area contributed by atoms with Crippen LogP contribution in [0.2, 0.25) is 0 Å². The molecule has 1 aromatic carbocycles. The molecule has 1 aromatic heterocycles. The number of ether oxygens (including phenoxy) is 1. The Morgan fingerprint density at radius 3 is 2.55 bits per heavy atom. The van der Waals surface area contributed by atoms with E-state index >= 15 is 0 Å². The quantitative estimate of drug-likeness (QED) is 0.924. The van der Waals surface area contributed by atoms with Crippen LogP contribution in [0.1, 0.15) is 34.9 Å². The molecule has 1 aliphatic heterocycles. The Morgan fingerprint density at radius 1 is 1.20 bits per heavy atom. The molecular weight excluding hydrogens is 260 g/mol. The summed E-state index contributed by atoms with van der Waals surface area (Å²) < 4.78 is 10.6. The first kappa shape index (κ1) is 12.8. The Balaban J connectivity index is 1.80. The first-order valence-corrected chi connectivity index (χ1v) is 6.49. The van der Waals surface area contributed by atoms with E-state index in [4.69, 9.17) is 14.4 Å². The van der Waals surface area contributed by atoms with Crippen molar-refractivity contribution in [1.29, 1.82) is 0 Å². The van der Waals surface area contributed by atoms with Gasteiger partial charge in [0.2, 0.25) is 0 Å². The Labute approximate surface area is 115 Å². The van der Waals surface area contributed by atoms with Gasteiger partial charge in [-0.25, -0.2) is 4.79 Å². The number of carboxylic acids is 1. The predicted molar refractivity (Wildman–Crippen MR) is 69.5 cm³/mol. The van der Waals surface area contributed by atoms with Crippen LogP contribution >= 0.6 is 0 Å². The molecule has 0 radical (unpaired) electrons. The zero-order valence-corrected chi connectivity index (χ0v) is 10.8. The van der Waals surface area contributed by atoms with Crippen LogP contribution in [0, 0.1) is 0 Å². The summed E-state index contributed by atoms with van der Waals surface area (Å²) in [6.45, 7) is 1.45. The van der Waals surface area contributed by atoms with Crippen LogP contribution < -0.4 is 0 Å². The monoisotopic (exact) mass is 274 g/mol. The first-order valence-electron chi connectivity index (χ1n) is 6.49. The molecule has 0 unspecified atom stereocenters. The Hall–Kier alpha value is -2.21. The molecule has 20 heavy (non-hydrogen) atoms. The molecule has 0 spiro atoms. The minimum Gasteiger partial charge on any atom is -0.478 e. The van der Waals surface area contributed by atoms with Crippen LogP contribution in [0.15, 0.2) is 28.8 Å². The lowest BCUT2D eigenvalue weighted by molar-refractivity contribution is 0.0697. The predicted octanol–water partition coefficient (Wildman–Crippen LogP) is 2.33. The molecule has 2 heterocycles. The van der Waals surface area contributed by atoms with Crippen molar-refractivity contribution in [2.75, 3.05) is 13.2 Å². The van der Waals surface area contributed by atoms with E-state index in [1.807, 2.05) is 0 Å². The van der Waals surface area contributed by atoms with Crippen molar-refractivity contribution in [2.45, 2.75) is 18.8 Å². The van der Waals surface area contributed by atoms with Gasteiger partial charge >= 0.3 is 5.97 Å². The molecule has 1 aliphatic rings. The lowest BCUT2D eigenvalue weighted by Gasteiger charge is -2.18. The van der Waals surface area contributed by atoms with Crippen LogP contribution in [-0.2, 0) is 4.74 Å². The van der Waals surface area contributed by atoms with Crippen LogP contribution in [0.3, 0.4) is 0 Å². The number of carbonyl (C=O) groups is 1. The van der Waals surface area contributed by atoms with E-state index in [1.54, 1.807) is 12.1 Å². The summed E-state index contributed by atoms with van der Waals surface area (Å²) in [7, 11) is 0. The zero-order valence-electron chi connectivity index (χ0n) is 10.8. The Bertz CT molecular complexity index is 600. The molecular formula is C14H14N2O4. The fourth-order valence-corrected chi connectivity index (χ4v) is 2.23. The molecule has 0 saturated carbocycles. The number of hydrogen-bond donors (Lipinski definition) is 1. The van der Waals surface area contributed by atoms with Crippen molar-refractivity contribution in [1.82, 2.24) is 10.1 Å². The van der Waals surface area contributed by atoms with E-state index < -0.39 is 5.97 Å². The summed E-state index contributed by atoms with van der Waals surface area (Å²) >= 11 is 0. The third-order valence-electron chi connectivity index (χ3n) is 3.41. The molecule has 6 heteroatoms. The molecule has 1 fully saturated rings. The summed E-state index contributed by atoms with van der Waals surface area (Å²) in [6, 6.07) is 6.39. The van der Waals surface area contributed by atoms with Crippen LogP contribution in [-0.4, -0.2) is 34.4 Å². The van der Waals surface area contributed by atoms with E-state index in [0.717, 1.165) is 31.6 Å². The zero-order chi connectivity index (χ0) is 13.9. The highest BCUT2D eigenvalue weighted by Gasteiger charge is 2.21. The molecule has 1 saturated heterocycles. The van der Waals surface area contributed by atoms with Gasteiger partial charge in [0.25, 0.3) is 5.89 Å². The van der Waals surface area contributed by atoms with Gasteiger partial charge in [-0.3, -0.25) is 0 Å². The normalized spacial score (nSPS) is 16.2. The summed E-state index contributed by atoms with van der Waals surface area (Å²) in [5, 5.41) is 12.9. The first-order chi connectivity index (χ1) is 9.74. The second kappa shape index (κ2) is 5.42. The minimum absolute atomic E-state index is 0.234. The second-order valence-electron chi connectivity index (χ2n) is 4.73. The highest BCUT2D eigenvalue weighted by Crippen LogP contribution is 2.27. The summed E-state index contributed by atoms with van der Waals surface area (Å²) in [4.78, 5) is 15.2. The number of hydrogen-bond acceptors (Lipinski definition) is 5. The molecule has 0 aliphatic carbocycles. The SMILES string of the molecule is O=C(O)c1ccc(-c2nc(C3CCOCC3)no2)cc1. The van der Waals surface area contributed by atoms with Gasteiger partial charge in [-0.05, 0) is 37.1 Å². The van der Waals surface area contributed by atoms with Gasteiger partial charge in [-0.2, -0.15) is 4.98 Å². The van der Waals surface area contributed by atoms with Gasteiger partial charge in [-0.1, -0.05) is 5.16 Å². The van der Waals surface area contributed by atoms with Gasteiger partial charge in [0.1, 0.15) is 0 Å². The topological polar surface area (TPSA) is 85.5 Å². The lowest BCUT2D eigenvalue weighted by atomic mass is 10.00. The van der Waals surface area contributed by atoms with Crippen molar-refractivity contribution < 1.29 is 19.2 Å². The Kier molecular flexibility index (Phi) is 3.47. The smallest absolute Gasteiger partial charge is 0.335 e. The third kappa shape index (κ3) is 2.55. The highest BCUT2D eigenvalue weighted by atomic mass is 16.5. The van der Waals surface area contributed by atoms with Gasteiger partial charge in [0.15, 0.2) is 5.82 Å². The molecule has 3 rings (SSSR count). The average molecular weight is 274 g/mol. The van der Waals surface area contributed by atoms with E-state index in [-0.39, 0.29) is 11.5 Å². The van der Waals surface area contributed by atoms with Gasteiger partial charge in [0.05, 0.1) is 5.56 Å². The standard InChI is InChI=1S/C14H14N2O4/c17-14(18)11-3-1-10(2-4-11)13-15-12(16-20-13)9-5-7-19-8-6-9/h1-4,9H,5-8H2,(H,17,18). The van der Waals surface area contributed by atoms with E-state index in [9.17, 15) is 4.79 Å². The lowest BCUT2D eigenvalue weighted by Crippen LogP contribution is -2.15. The van der Waals surface area contributed by atoms with Crippen molar-refractivity contribution >= 4 is 5.97 Å². The van der Waals surface area contributed by atoms with Crippen LogP contribution in [0.25, 0.3) is 11.5 Å². The molecule has 1 N–H and O–H groups in total. The number of rotatable bonds is 3. The fourth-order valence-electron chi connectivity index (χ4n) is 2.23.